The molecule has 140 valence electrons. The number of aromatic nitrogens is 1. The zero-order chi connectivity index (χ0) is 20.1. The predicted octanol–water partition coefficient (Wildman–Crippen LogP) is 4.21. The van der Waals surface area contributed by atoms with E-state index in [0.717, 1.165) is 32.8 Å². The van der Waals surface area contributed by atoms with Crippen LogP contribution in [0.25, 0.3) is 21.7 Å². The van der Waals surface area contributed by atoms with Crippen LogP contribution in [0.4, 0.5) is 0 Å². The van der Waals surface area contributed by atoms with Gasteiger partial charge in [0.1, 0.15) is 17.4 Å². The first-order chi connectivity index (χ1) is 14.1. The number of ether oxygens (including phenoxy) is 1. The van der Waals surface area contributed by atoms with Gasteiger partial charge in [-0.3, -0.25) is 4.79 Å². The Morgan fingerprint density at radius 1 is 1.03 bits per heavy atom. The molecule has 1 aromatic heterocycles. The van der Waals surface area contributed by atoms with Crippen molar-refractivity contribution in [1.29, 1.82) is 5.26 Å². The standard InChI is InChI=1S/C24H17N3O2/c1-13-6-9-20-15(10-13)11-18(24(28)27-20)21-17-8-7-14-4-2-3-5-16(14)22(17)29-23(26)19(21)12-25/h2-11,21H,26H2,1H3,(H,27,28)/t21-/m0/s1. The molecule has 1 atom stereocenters. The van der Waals surface area contributed by atoms with Crippen molar-refractivity contribution in [1.82, 2.24) is 4.98 Å². The first kappa shape index (κ1) is 17.1. The Kier molecular flexibility index (Phi) is 3.68. The maximum absolute atomic E-state index is 13.0. The minimum Gasteiger partial charge on any atom is -0.440 e. The number of H-pyrrole nitrogens is 1. The minimum absolute atomic E-state index is 0.0325. The fourth-order valence-electron chi connectivity index (χ4n) is 4.06. The predicted molar refractivity (Wildman–Crippen MR) is 113 cm³/mol. The van der Waals surface area contributed by atoms with E-state index in [1.807, 2.05) is 67.6 Å². The van der Waals surface area contributed by atoms with Crippen molar-refractivity contribution >= 4 is 21.7 Å². The smallest absolute Gasteiger partial charge is 0.252 e. The van der Waals surface area contributed by atoms with Gasteiger partial charge in [0.2, 0.25) is 5.88 Å². The first-order valence-electron chi connectivity index (χ1n) is 9.29. The molecule has 3 aromatic carbocycles. The molecular weight excluding hydrogens is 362 g/mol. The zero-order valence-electron chi connectivity index (χ0n) is 15.7. The summed E-state index contributed by atoms with van der Waals surface area (Å²) < 4.78 is 5.87. The number of hydrogen-bond donors (Lipinski definition) is 2. The molecule has 0 spiro atoms. The minimum atomic E-state index is -0.595. The lowest BCUT2D eigenvalue weighted by atomic mass is 9.82. The van der Waals surface area contributed by atoms with Gasteiger partial charge >= 0.3 is 0 Å². The average Bonchev–Trinajstić information content (AvgIpc) is 2.72. The van der Waals surface area contributed by atoms with Gasteiger partial charge in [-0.15, -0.1) is 0 Å². The fourth-order valence-corrected chi connectivity index (χ4v) is 4.06. The van der Waals surface area contributed by atoms with E-state index in [0.29, 0.717) is 11.3 Å². The van der Waals surface area contributed by atoms with Gasteiger partial charge < -0.3 is 15.5 Å². The van der Waals surface area contributed by atoms with Gasteiger partial charge in [-0.1, -0.05) is 48.0 Å². The number of nitriles is 1. The van der Waals surface area contributed by atoms with Crippen LogP contribution in [-0.4, -0.2) is 4.98 Å². The molecule has 1 aliphatic heterocycles. The zero-order valence-corrected chi connectivity index (χ0v) is 15.7. The highest BCUT2D eigenvalue weighted by atomic mass is 16.5. The Labute approximate surface area is 166 Å². The van der Waals surface area contributed by atoms with Gasteiger partial charge in [0.05, 0.1) is 5.92 Å². The third-order valence-electron chi connectivity index (χ3n) is 5.45. The number of fused-ring (bicyclic) bond motifs is 4. The Morgan fingerprint density at radius 2 is 1.86 bits per heavy atom. The summed E-state index contributed by atoms with van der Waals surface area (Å²) >= 11 is 0. The number of aryl methyl sites for hydroxylation is 1. The number of nitrogens with two attached hydrogens (primary N) is 1. The molecule has 0 bridgehead atoms. The van der Waals surface area contributed by atoms with Crippen molar-refractivity contribution in [3.05, 3.63) is 99.2 Å². The maximum atomic E-state index is 13.0. The topological polar surface area (TPSA) is 91.9 Å². The van der Waals surface area contributed by atoms with E-state index < -0.39 is 5.92 Å². The molecule has 4 aromatic rings. The monoisotopic (exact) mass is 379 g/mol. The summed E-state index contributed by atoms with van der Waals surface area (Å²) in [4.78, 5) is 15.9. The van der Waals surface area contributed by atoms with Crippen LogP contribution in [0.15, 0.2) is 76.9 Å². The Hall–Kier alpha value is -4.04. The summed E-state index contributed by atoms with van der Waals surface area (Å²) in [7, 11) is 0. The lowest BCUT2D eigenvalue weighted by Crippen LogP contribution is -2.25. The van der Waals surface area contributed by atoms with E-state index in [1.165, 1.54) is 0 Å². The number of allylic oxidation sites excluding steroid dienone is 1. The van der Waals surface area contributed by atoms with E-state index in [1.54, 1.807) is 0 Å². The number of aromatic amines is 1. The molecule has 29 heavy (non-hydrogen) atoms. The van der Waals surface area contributed by atoms with Crippen LogP contribution in [0.2, 0.25) is 0 Å². The molecule has 0 radical (unpaired) electrons. The van der Waals surface area contributed by atoms with Crippen molar-refractivity contribution in [3.8, 4) is 11.8 Å². The van der Waals surface area contributed by atoms with Crippen molar-refractivity contribution in [2.75, 3.05) is 0 Å². The molecule has 0 fully saturated rings. The molecule has 5 heteroatoms. The normalized spacial score (nSPS) is 15.8. The van der Waals surface area contributed by atoms with Gasteiger partial charge in [0.25, 0.3) is 5.56 Å². The van der Waals surface area contributed by atoms with Gasteiger partial charge in [-0.2, -0.15) is 5.26 Å². The van der Waals surface area contributed by atoms with Crippen LogP contribution in [0.5, 0.6) is 5.75 Å². The van der Waals surface area contributed by atoms with Crippen LogP contribution in [0.1, 0.15) is 22.6 Å². The largest absolute Gasteiger partial charge is 0.440 e. The van der Waals surface area contributed by atoms with Gasteiger partial charge in [0, 0.05) is 22.0 Å². The first-order valence-corrected chi connectivity index (χ1v) is 9.29. The highest BCUT2D eigenvalue weighted by Gasteiger charge is 2.33. The van der Waals surface area contributed by atoms with Crippen LogP contribution in [-0.2, 0) is 0 Å². The highest BCUT2D eigenvalue weighted by molar-refractivity contribution is 5.91. The Balaban J connectivity index is 1.84. The van der Waals surface area contributed by atoms with Crippen molar-refractivity contribution in [2.24, 2.45) is 5.73 Å². The van der Waals surface area contributed by atoms with E-state index >= 15 is 0 Å². The molecule has 0 aliphatic carbocycles. The van der Waals surface area contributed by atoms with Gasteiger partial charge in [-0.25, -0.2) is 0 Å². The average molecular weight is 379 g/mol. The lowest BCUT2D eigenvalue weighted by molar-refractivity contribution is 0.398. The van der Waals surface area contributed by atoms with Crippen LogP contribution in [0, 0.1) is 18.3 Å². The summed E-state index contributed by atoms with van der Waals surface area (Å²) in [5.41, 5.74) is 9.20. The van der Waals surface area contributed by atoms with Gasteiger partial charge in [-0.05, 0) is 35.9 Å². The molecule has 1 aliphatic rings. The number of nitrogens with zero attached hydrogens (tertiary/aromatic N) is 1. The SMILES string of the molecule is Cc1ccc2[nH]c(=O)c([C@H]3C(C#N)=C(N)Oc4c3ccc3ccccc43)cc2c1. The summed E-state index contributed by atoms with van der Waals surface area (Å²) in [5.74, 6) is 0.0282. The Morgan fingerprint density at radius 3 is 2.69 bits per heavy atom. The van der Waals surface area contributed by atoms with Crippen molar-refractivity contribution in [3.63, 3.8) is 0 Å². The molecule has 0 unspecified atom stereocenters. The highest BCUT2D eigenvalue weighted by Crippen LogP contribution is 2.44. The van der Waals surface area contributed by atoms with Crippen LogP contribution < -0.4 is 16.0 Å². The number of nitrogens with one attached hydrogen (secondary N) is 1. The van der Waals surface area contributed by atoms with E-state index in [9.17, 15) is 10.1 Å². The summed E-state index contributed by atoms with van der Waals surface area (Å²) in [6.07, 6.45) is 0. The molecular formula is C24H17N3O2. The third-order valence-corrected chi connectivity index (χ3v) is 5.45. The quantitative estimate of drug-likeness (QED) is 0.518. The number of rotatable bonds is 1. The van der Waals surface area contributed by atoms with Gasteiger partial charge in [0.15, 0.2) is 0 Å². The third kappa shape index (κ3) is 2.58. The van der Waals surface area contributed by atoms with Crippen molar-refractivity contribution in [2.45, 2.75) is 12.8 Å². The molecule has 5 nitrogen and oxygen atoms in total. The molecule has 0 saturated carbocycles. The molecule has 0 saturated heterocycles. The van der Waals surface area contributed by atoms with E-state index in [-0.39, 0.29) is 17.0 Å². The molecule has 2 heterocycles. The second-order valence-corrected chi connectivity index (χ2v) is 7.27. The summed E-state index contributed by atoms with van der Waals surface area (Å²) in [6, 6.07) is 21.5. The van der Waals surface area contributed by atoms with Crippen LogP contribution in [0.3, 0.4) is 0 Å². The fraction of sp³-hybridized carbons (Fsp3) is 0.0833. The summed E-state index contributed by atoms with van der Waals surface area (Å²) in [5, 5.41) is 12.6. The Bertz CT molecular complexity index is 1440. The van der Waals surface area contributed by atoms with E-state index in [4.69, 9.17) is 10.5 Å². The van der Waals surface area contributed by atoms with Crippen LogP contribution >= 0.6 is 0 Å². The second kappa shape index (κ2) is 6.25. The number of benzene rings is 3. The van der Waals surface area contributed by atoms with Crippen molar-refractivity contribution < 1.29 is 4.74 Å². The molecule has 3 N–H and O–H groups in total. The second-order valence-electron chi connectivity index (χ2n) is 7.27. The summed E-state index contributed by atoms with van der Waals surface area (Å²) in [6.45, 7) is 2.00. The molecule has 0 amide bonds. The lowest BCUT2D eigenvalue weighted by Gasteiger charge is -2.27. The maximum Gasteiger partial charge on any atom is 0.252 e. The number of hydrogen-bond acceptors (Lipinski definition) is 4. The molecule has 5 rings (SSSR count). The number of pyridine rings is 1. The van der Waals surface area contributed by atoms with E-state index in [2.05, 4.69) is 11.1 Å².